The second-order valence-electron chi connectivity index (χ2n) is 5.11. The molecule has 4 N–H and O–H groups in total. The summed E-state index contributed by atoms with van der Waals surface area (Å²) in [6, 6.07) is 7.56. The number of nitrogens with one attached hydrogen (secondary N) is 2. The molecule has 112 valence electrons. The molecule has 6 heteroatoms. The van der Waals surface area contributed by atoms with Crippen LogP contribution in [0.2, 0.25) is 5.02 Å². The molecule has 0 spiro atoms. The number of hydrogen-bond acceptors (Lipinski definition) is 2. The lowest BCUT2D eigenvalue weighted by molar-refractivity contribution is 0.0928. The molecule has 0 bridgehead atoms. The van der Waals surface area contributed by atoms with Gasteiger partial charge < -0.3 is 16.0 Å². The van der Waals surface area contributed by atoms with Crippen LogP contribution < -0.4 is 11.1 Å². The van der Waals surface area contributed by atoms with Crippen molar-refractivity contribution in [3.05, 3.63) is 52.3 Å². The summed E-state index contributed by atoms with van der Waals surface area (Å²) >= 11 is 5.82. The molecule has 1 aromatic heterocycles. The van der Waals surface area contributed by atoms with Crippen molar-refractivity contribution in [2.45, 2.75) is 25.3 Å². The fraction of sp³-hybridized carbons (Fsp3) is 0.267. The summed E-state index contributed by atoms with van der Waals surface area (Å²) in [7, 11) is 0. The topological polar surface area (TPSA) is 70.9 Å². The molecule has 0 saturated carbocycles. The number of benzene rings is 1. The van der Waals surface area contributed by atoms with Crippen molar-refractivity contribution in [3.63, 3.8) is 0 Å². The fourth-order valence-corrected chi connectivity index (χ4v) is 2.88. The normalized spacial score (nSPS) is 16.7. The van der Waals surface area contributed by atoms with Crippen LogP contribution in [-0.4, -0.2) is 10.9 Å². The Morgan fingerprint density at radius 3 is 2.90 bits per heavy atom. The zero-order valence-corrected chi connectivity index (χ0v) is 12.9. The summed E-state index contributed by atoms with van der Waals surface area (Å²) in [5, 5.41) is 3.59. The quantitative estimate of drug-likeness (QED) is 0.740. The maximum absolute atomic E-state index is 12.2. The van der Waals surface area contributed by atoms with Crippen LogP contribution in [0.25, 0.3) is 0 Å². The summed E-state index contributed by atoms with van der Waals surface area (Å²) in [5.74, 6) is -0.133. The standard InChI is InChI=1S/C15H16ClN3O.ClH/c16-10-7-14(18-8-10)15(20)19-13-3-1-2-9-6-11(17)4-5-12(9)13;/h4-8,13,18H,1-3,17H2,(H,19,20);1H. The van der Waals surface area contributed by atoms with Gasteiger partial charge in [-0.15, -0.1) is 12.4 Å². The lowest BCUT2D eigenvalue weighted by Crippen LogP contribution is -2.31. The number of H-pyrrole nitrogens is 1. The maximum atomic E-state index is 12.2. The number of halogens is 2. The average molecular weight is 326 g/mol. The van der Waals surface area contributed by atoms with Crippen LogP contribution in [0.5, 0.6) is 0 Å². The number of amides is 1. The predicted molar refractivity (Wildman–Crippen MR) is 87.1 cm³/mol. The molecule has 1 heterocycles. The van der Waals surface area contributed by atoms with Gasteiger partial charge in [0.1, 0.15) is 5.69 Å². The lowest BCUT2D eigenvalue weighted by Gasteiger charge is -2.26. The third kappa shape index (κ3) is 3.34. The van der Waals surface area contributed by atoms with Crippen molar-refractivity contribution >= 4 is 35.6 Å². The molecule has 3 rings (SSSR count). The first-order chi connectivity index (χ1) is 9.63. The minimum atomic E-state index is -0.133. The van der Waals surface area contributed by atoms with Crippen molar-refractivity contribution < 1.29 is 4.79 Å². The molecule has 0 aliphatic heterocycles. The molecular formula is C15H17Cl2N3O. The highest BCUT2D eigenvalue weighted by Gasteiger charge is 2.22. The Labute approximate surface area is 134 Å². The van der Waals surface area contributed by atoms with Gasteiger partial charge in [-0.3, -0.25) is 4.79 Å². The molecule has 4 nitrogen and oxygen atoms in total. The molecule has 0 saturated heterocycles. The number of aryl methyl sites for hydroxylation is 1. The number of fused-ring (bicyclic) bond motifs is 1. The minimum Gasteiger partial charge on any atom is -0.399 e. The molecular weight excluding hydrogens is 309 g/mol. The molecule has 2 aromatic rings. The van der Waals surface area contributed by atoms with E-state index in [1.165, 1.54) is 5.56 Å². The van der Waals surface area contributed by atoms with Crippen molar-refractivity contribution in [3.8, 4) is 0 Å². The van der Waals surface area contributed by atoms with Crippen LogP contribution in [0, 0.1) is 0 Å². The molecule has 1 amide bonds. The van der Waals surface area contributed by atoms with Crippen LogP contribution in [0.1, 0.15) is 40.5 Å². The highest BCUT2D eigenvalue weighted by Crippen LogP contribution is 2.31. The third-order valence-electron chi connectivity index (χ3n) is 3.68. The first-order valence-electron chi connectivity index (χ1n) is 6.66. The van der Waals surface area contributed by atoms with Crippen LogP contribution >= 0.6 is 24.0 Å². The largest absolute Gasteiger partial charge is 0.399 e. The molecule has 1 aliphatic rings. The molecule has 1 unspecified atom stereocenters. The number of nitrogen functional groups attached to an aromatic ring is 1. The molecule has 0 radical (unpaired) electrons. The van der Waals surface area contributed by atoms with E-state index in [-0.39, 0.29) is 24.4 Å². The Bertz CT molecular complexity index is 654. The number of carbonyl (C=O) groups excluding carboxylic acids is 1. The number of aromatic nitrogens is 1. The number of anilines is 1. The van der Waals surface area contributed by atoms with Gasteiger partial charge in [-0.2, -0.15) is 0 Å². The number of hydrogen-bond donors (Lipinski definition) is 3. The van der Waals surface area contributed by atoms with Gasteiger partial charge in [0.05, 0.1) is 11.1 Å². The Morgan fingerprint density at radius 2 is 2.19 bits per heavy atom. The molecule has 1 aromatic carbocycles. The van der Waals surface area contributed by atoms with Crippen LogP contribution in [0.4, 0.5) is 5.69 Å². The van der Waals surface area contributed by atoms with E-state index >= 15 is 0 Å². The molecule has 1 aliphatic carbocycles. The van der Waals surface area contributed by atoms with Gasteiger partial charge >= 0.3 is 0 Å². The van der Waals surface area contributed by atoms with Gasteiger partial charge in [-0.25, -0.2) is 0 Å². The van der Waals surface area contributed by atoms with E-state index in [4.69, 9.17) is 17.3 Å². The fourth-order valence-electron chi connectivity index (χ4n) is 2.72. The first kappa shape index (κ1) is 15.7. The van der Waals surface area contributed by atoms with E-state index in [2.05, 4.69) is 10.3 Å². The van der Waals surface area contributed by atoms with Crippen LogP contribution in [-0.2, 0) is 6.42 Å². The minimum absolute atomic E-state index is 0. The summed E-state index contributed by atoms with van der Waals surface area (Å²) < 4.78 is 0. The number of aromatic amines is 1. The second kappa shape index (κ2) is 6.41. The van der Waals surface area contributed by atoms with Crippen molar-refractivity contribution in [1.82, 2.24) is 10.3 Å². The molecule has 1 atom stereocenters. The van der Waals surface area contributed by atoms with E-state index in [0.29, 0.717) is 10.7 Å². The van der Waals surface area contributed by atoms with E-state index in [9.17, 15) is 4.79 Å². The zero-order chi connectivity index (χ0) is 14.1. The van der Waals surface area contributed by atoms with Crippen LogP contribution in [0.15, 0.2) is 30.5 Å². The summed E-state index contributed by atoms with van der Waals surface area (Å²) in [5.41, 5.74) is 9.46. The Hall–Kier alpha value is -1.65. The number of rotatable bonds is 2. The molecule has 0 fully saturated rings. The Kier molecular flexibility index (Phi) is 4.80. The monoisotopic (exact) mass is 325 g/mol. The summed E-state index contributed by atoms with van der Waals surface area (Å²) in [6.07, 6.45) is 4.61. The lowest BCUT2D eigenvalue weighted by atomic mass is 9.87. The van der Waals surface area contributed by atoms with Gasteiger partial charge in [0, 0.05) is 11.9 Å². The van der Waals surface area contributed by atoms with Gasteiger partial charge in [-0.05, 0) is 48.6 Å². The van der Waals surface area contributed by atoms with Crippen molar-refractivity contribution in [1.29, 1.82) is 0 Å². The second-order valence-corrected chi connectivity index (χ2v) is 5.54. The number of nitrogens with two attached hydrogens (primary N) is 1. The highest BCUT2D eigenvalue weighted by atomic mass is 35.5. The predicted octanol–water partition coefficient (Wildman–Crippen LogP) is 3.48. The van der Waals surface area contributed by atoms with Crippen LogP contribution in [0.3, 0.4) is 0 Å². The van der Waals surface area contributed by atoms with E-state index in [1.54, 1.807) is 12.3 Å². The smallest absolute Gasteiger partial charge is 0.268 e. The highest BCUT2D eigenvalue weighted by molar-refractivity contribution is 6.30. The Balaban J connectivity index is 0.00000161. The van der Waals surface area contributed by atoms with Crippen molar-refractivity contribution in [2.75, 3.05) is 5.73 Å². The maximum Gasteiger partial charge on any atom is 0.268 e. The van der Waals surface area contributed by atoms with Gasteiger partial charge in [0.2, 0.25) is 0 Å². The van der Waals surface area contributed by atoms with E-state index in [0.717, 1.165) is 30.5 Å². The zero-order valence-electron chi connectivity index (χ0n) is 11.4. The van der Waals surface area contributed by atoms with Gasteiger partial charge in [0.25, 0.3) is 5.91 Å². The van der Waals surface area contributed by atoms with Gasteiger partial charge in [-0.1, -0.05) is 17.7 Å². The number of carbonyl (C=O) groups is 1. The summed E-state index contributed by atoms with van der Waals surface area (Å²) in [4.78, 5) is 15.0. The van der Waals surface area contributed by atoms with Crippen molar-refractivity contribution in [2.24, 2.45) is 0 Å². The van der Waals surface area contributed by atoms with E-state index in [1.807, 2.05) is 18.2 Å². The molecule has 21 heavy (non-hydrogen) atoms. The first-order valence-corrected chi connectivity index (χ1v) is 7.04. The Morgan fingerprint density at radius 1 is 1.38 bits per heavy atom. The van der Waals surface area contributed by atoms with E-state index < -0.39 is 0 Å². The van der Waals surface area contributed by atoms with Gasteiger partial charge in [0.15, 0.2) is 0 Å². The third-order valence-corrected chi connectivity index (χ3v) is 3.90. The SMILES string of the molecule is Cl.Nc1ccc2c(c1)CCCC2NC(=O)c1cc(Cl)c[nH]1. The average Bonchev–Trinajstić information content (AvgIpc) is 2.85. The summed E-state index contributed by atoms with van der Waals surface area (Å²) in [6.45, 7) is 0.